The molecule has 0 aliphatic carbocycles. The number of hydrogen-bond donors (Lipinski definition) is 0. The summed E-state index contributed by atoms with van der Waals surface area (Å²) in [5.74, 6) is -0.380. The average Bonchev–Trinajstić information content (AvgIpc) is 2.82. The second kappa shape index (κ2) is 11.3. The summed E-state index contributed by atoms with van der Waals surface area (Å²) in [6.45, 7) is 8.29. The summed E-state index contributed by atoms with van der Waals surface area (Å²) in [5.41, 5.74) is 1.89. The van der Waals surface area contributed by atoms with Crippen molar-refractivity contribution in [2.45, 2.75) is 59.5 Å². The minimum atomic E-state index is -0.380. The van der Waals surface area contributed by atoms with Crippen LogP contribution in [0, 0.1) is 0 Å². The highest BCUT2D eigenvalue weighted by Crippen LogP contribution is 2.23. The van der Waals surface area contributed by atoms with E-state index >= 15 is 0 Å². The number of aromatic nitrogens is 3. The van der Waals surface area contributed by atoms with Crippen LogP contribution in [0.25, 0.3) is 0 Å². The number of esters is 1. The van der Waals surface area contributed by atoms with Crippen molar-refractivity contribution in [2.75, 3.05) is 13.7 Å². The summed E-state index contributed by atoms with van der Waals surface area (Å²) in [6.07, 6.45) is 3.70. The molecular formula is C15H29N3O3. The Morgan fingerprint density at radius 2 is 1.90 bits per heavy atom. The average molecular weight is 299 g/mol. The van der Waals surface area contributed by atoms with Crippen molar-refractivity contribution in [1.82, 2.24) is 15.0 Å². The Morgan fingerprint density at radius 3 is 2.38 bits per heavy atom. The molecule has 1 rings (SSSR count). The largest absolute Gasteiger partial charge is 0.467 e. The molecule has 6 nitrogen and oxygen atoms in total. The SMILES string of the molecule is CCC.CCCc1c(C(CC)OCC(=O)OC)nnn1C. The van der Waals surface area contributed by atoms with Crippen molar-refractivity contribution < 1.29 is 14.3 Å². The van der Waals surface area contributed by atoms with Gasteiger partial charge in [-0.25, -0.2) is 4.79 Å². The van der Waals surface area contributed by atoms with Gasteiger partial charge in [0.05, 0.1) is 12.8 Å². The first-order chi connectivity index (χ1) is 10.0. The molecule has 1 unspecified atom stereocenters. The summed E-state index contributed by atoms with van der Waals surface area (Å²) < 4.78 is 11.9. The first-order valence-corrected chi connectivity index (χ1v) is 7.62. The smallest absolute Gasteiger partial charge is 0.331 e. The molecule has 0 bridgehead atoms. The number of aryl methyl sites for hydroxylation is 1. The topological polar surface area (TPSA) is 66.2 Å². The lowest BCUT2D eigenvalue weighted by atomic mass is 10.1. The number of hydrogen-bond acceptors (Lipinski definition) is 5. The highest BCUT2D eigenvalue weighted by Gasteiger charge is 2.20. The van der Waals surface area contributed by atoms with Gasteiger partial charge in [0.2, 0.25) is 0 Å². The molecule has 1 aromatic rings. The first-order valence-electron chi connectivity index (χ1n) is 7.62. The van der Waals surface area contributed by atoms with Crippen LogP contribution in [0.4, 0.5) is 0 Å². The summed E-state index contributed by atoms with van der Waals surface area (Å²) >= 11 is 0. The van der Waals surface area contributed by atoms with E-state index in [0.717, 1.165) is 30.7 Å². The molecule has 0 aliphatic rings. The van der Waals surface area contributed by atoms with Crippen LogP contribution in [-0.2, 0) is 27.7 Å². The molecule has 1 atom stereocenters. The predicted octanol–water partition coefficient (Wildman–Crippen LogP) is 2.82. The molecular weight excluding hydrogens is 270 g/mol. The predicted molar refractivity (Wildman–Crippen MR) is 82.0 cm³/mol. The number of ether oxygens (including phenoxy) is 2. The Morgan fingerprint density at radius 1 is 1.29 bits per heavy atom. The maximum atomic E-state index is 11.1. The van der Waals surface area contributed by atoms with Gasteiger partial charge < -0.3 is 9.47 Å². The van der Waals surface area contributed by atoms with E-state index in [1.165, 1.54) is 13.5 Å². The van der Waals surface area contributed by atoms with Gasteiger partial charge in [-0.1, -0.05) is 45.7 Å². The molecule has 21 heavy (non-hydrogen) atoms. The highest BCUT2D eigenvalue weighted by atomic mass is 16.6. The van der Waals surface area contributed by atoms with Gasteiger partial charge in [0.1, 0.15) is 18.4 Å². The van der Waals surface area contributed by atoms with Gasteiger partial charge in [-0.3, -0.25) is 4.68 Å². The van der Waals surface area contributed by atoms with Crippen LogP contribution in [0.2, 0.25) is 0 Å². The molecule has 1 aromatic heterocycles. The van der Waals surface area contributed by atoms with Gasteiger partial charge >= 0.3 is 5.97 Å². The number of rotatable bonds is 7. The molecule has 0 spiro atoms. The minimum absolute atomic E-state index is 0.0584. The molecule has 0 amide bonds. The molecule has 122 valence electrons. The van der Waals surface area contributed by atoms with E-state index in [2.05, 4.69) is 35.8 Å². The van der Waals surface area contributed by atoms with Crippen LogP contribution in [0.1, 0.15) is 64.4 Å². The fourth-order valence-electron chi connectivity index (χ4n) is 1.79. The van der Waals surface area contributed by atoms with Gasteiger partial charge in [-0.05, 0) is 12.8 Å². The van der Waals surface area contributed by atoms with Gasteiger partial charge in [0.25, 0.3) is 0 Å². The van der Waals surface area contributed by atoms with E-state index in [4.69, 9.17) is 4.74 Å². The summed E-state index contributed by atoms with van der Waals surface area (Å²) in [6, 6.07) is 0. The molecule has 0 N–H and O–H groups in total. The van der Waals surface area contributed by atoms with Crippen molar-refractivity contribution >= 4 is 5.97 Å². The second-order valence-corrected chi connectivity index (χ2v) is 4.79. The quantitative estimate of drug-likeness (QED) is 0.724. The van der Waals surface area contributed by atoms with Crippen LogP contribution < -0.4 is 0 Å². The van der Waals surface area contributed by atoms with Crippen LogP contribution in [0.3, 0.4) is 0 Å². The molecule has 0 saturated heterocycles. The van der Waals surface area contributed by atoms with Crippen molar-refractivity contribution in [2.24, 2.45) is 7.05 Å². The molecule has 0 aromatic carbocycles. The van der Waals surface area contributed by atoms with Crippen molar-refractivity contribution in [1.29, 1.82) is 0 Å². The third kappa shape index (κ3) is 6.71. The van der Waals surface area contributed by atoms with Crippen molar-refractivity contribution in [3.63, 3.8) is 0 Å². The molecule has 0 aliphatic heterocycles. The summed E-state index contributed by atoms with van der Waals surface area (Å²) in [7, 11) is 3.21. The van der Waals surface area contributed by atoms with E-state index in [9.17, 15) is 4.79 Å². The van der Waals surface area contributed by atoms with E-state index in [-0.39, 0.29) is 18.7 Å². The third-order valence-corrected chi connectivity index (χ3v) is 2.77. The number of methoxy groups -OCH3 is 1. The van der Waals surface area contributed by atoms with Crippen molar-refractivity contribution in [3.8, 4) is 0 Å². The lowest BCUT2D eigenvalue weighted by Crippen LogP contribution is -2.15. The summed E-state index contributed by atoms with van der Waals surface area (Å²) in [4.78, 5) is 11.1. The Hall–Kier alpha value is -1.43. The Balaban J connectivity index is 0.00000122. The standard InChI is InChI=1S/C12H21N3O3.C3H8/c1-5-7-9-12(13-14-15(9)3)10(6-2)18-8-11(16)17-4;1-3-2/h10H,5-8H2,1-4H3;3H2,1-2H3. The lowest BCUT2D eigenvalue weighted by Gasteiger charge is -2.14. The molecule has 0 fully saturated rings. The Kier molecular flexibility index (Phi) is 10.5. The highest BCUT2D eigenvalue weighted by molar-refractivity contribution is 5.70. The second-order valence-electron chi connectivity index (χ2n) is 4.79. The zero-order chi connectivity index (χ0) is 16.3. The van der Waals surface area contributed by atoms with Crippen LogP contribution in [0.15, 0.2) is 0 Å². The van der Waals surface area contributed by atoms with E-state index in [1.54, 1.807) is 4.68 Å². The maximum Gasteiger partial charge on any atom is 0.331 e. The molecule has 0 saturated carbocycles. The molecule has 1 heterocycles. The van der Waals surface area contributed by atoms with Gasteiger partial charge in [-0.15, -0.1) is 5.10 Å². The maximum absolute atomic E-state index is 11.1. The Labute approximate surface area is 127 Å². The number of nitrogens with zero attached hydrogens (tertiary/aromatic N) is 3. The van der Waals surface area contributed by atoms with Gasteiger partial charge in [0, 0.05) is 7.05 Å². The van der Waals surface area contributed by atoms with Gasteiger partial charge in [0.15, 0.2) is 0 Å². The zero-order valence-electron chi connectivity index (χ0n) is 14.2. The molecule has 0 radical (unpaired) electrons. The van der Waals surface area contributed by atoms with Crippen LogP contribution in [0.5, 0.6) is 0 Å². The van der Waals surface area contributed by atoms with E-state index < -0.39 is 0 Å². The lowest BCUT2D eigenvalue weighted by molar-refractivity contribution is -0.148. The molecule has 6 heteroatoms. The fourth-order valence-corrected chi connectivity index (χ4v) is 1.79. The normalized spacial score (nSPS) is 11.5. The van der Waals surface area contributed by atoms with Gasteiger partial charge in [-0.2, -0.15) is 0 Å². The first kappa shape index (κ1) is 19.6. The zero-order valence-corrected chi connectivity index (χ0v) is 14.2. The monoisotopic (exact) mass is 299 g/mol. The minimum Gasteiger partial charge on any atom is -0.467 e. The summed E-state index contributed by atoms with van der Waals surface area (Å²) in [5, 5.41) is 8.17. The number of carbonyl (C=O) groups excluding carboxylic acids is 1. The van der Waals surface area contributed by atoms with Crippen LogP contribution in [-0.4, -0.2) is 34.7 Å². The van der Waals surface area contributed by atoms with E-state index in [0.29, 0.717) is 0 Å². The van der Waals surface area contributed by atoms with Crippen molar-refractivity contribution in [3.05, 3.63) is 11.4 Å². The fraction of sp³-hybridized carbons (Fsp3) is 0.800. The Bertz CT molecular complexity index is 405. The third-order valence-electron chi connectivity index (χ3n) is 2.77. The van der Waals surface area contributed by atoms with Crippen LogP contribution >= 0.6 is 0 Å². The number of carbonyl (C=O) groups is 1. The van der Waals surface area contributed by atoms with E-state index in [1.807, 2.05) is 14.0 Å².